The van der Waals surface area contributed by atoms with Gasteiger partial charge in [-0.05, 0) is 64.7 Å². The first kappa shape index (κ1) is 20.6. The number of nitrogens with one attached hydrogen (secondary N) is 1. The van der Waals surface area contributed by atoms with Crippen LogP contribution in [0.25, 0.3) is 0 Å². The van der Waals surface area contributed by atoms with Gasteiger partial charge in [0.25, 0.3) is 0 Å². The summed E-state index contributed by atoms with van der Waals surface area (Å²) in [6.07, 6.45) is 0.688. The lowest BCUT2D eigenvalue weighted by molar-refractivity contribution is -0.141. The zero-order valence-corrected chi connectivity index (χ0v) is 17.7. The first-order valence-corrected chi connectivity index (χ1v) is 9.86. The summed E-state index contributed by atoms with van der Waals surface area (Å²) in [5.74, 6) is 0.912. The predicted octanol–water partition coefficient (Wildman–Crippen LogP) is 5.00. The van der Waals surface area contributed by atoms with Crippen LogP contribution in [0.15, 0.2) is 50.9 Å². The number of halogens is 1. The van der Waals surface area contributed by atoms with Gasteiger partial charge in [-0.15, -0.1) is 0 Å². The molecule has 26 heavy (non-hydrogen) atoms. The van der Waals surface area contributed by atoms with Crippen molar-refractivity contribution >= 4 is 39.3 Å². The molecule has 0 saturated carbocycles. The summed E-state index contributed by atoms with van der Waals surface area (Å²) in [6.45, 7) is 4.15. The maximum absolute atomic E-state index is 12.0. The molecule has 140 valence electrons. The third-order valence-electron chi connectivity index (χ3n) is 3.59. The summed E-state index contributed by atoms with van der Waals surface area (Å²) in [5.41, 5.74) is 0.818. The number of anilines is 1. The Labute approximate surface area is 167 Å². The van der Waals surface area contributed by atoms with Crippen molar-refractivity contribution in [2.24, 2.45) is 5.92 Å². The Bertz CT molecular complexity index is 738. The third kappa shape index (κ3) is 6.21. The highest BCUT2D eigenvalue weighted by Crippen LogP contribution is 2.31. The number of ether oxygens (including phenoxy) is 2. The van der Waals surface area contributed by atoms with Gasteiger partial charge in [-0.2, -0.15) is 0 Å². The molecule has 1 N–H and O–H groups in total. The van der Waals surface area contributed by atoms with Gasteiger partial charge in [0.05, 0.1) is 14.2 Å². The number of nitrogens with zero attached hydrogens (tertiary/aromatic N) is 1. The minimum atomic E-state index is -0.395. The molecule has 0 aliphatic heterocycles. The van der Waals surface area contributed by atoms with Crippen LogP contribution in [-0.4, -0.2) is 31.2 Å². The summed E-state index contributed by atoms with van der Waals surface area (Å²) in [4.78, 5) is 17.6. The second kappa shape index (κ2) is 9.83. The minimum Gasteiger partial charge on any atom is -0.497 e. The van der Waals surface area contributed by atoms with E-state index in [1.165, 1.54) is 18.9 Å². The number of aromatic nitrogens is 1. The van der Waals surface area contributed by atoms with Crippen molar-refractivity contribution in [1.82, 2.24) is 4.98 Å². The van der Waals surface area contributed by atoms with Crippen molar-refractivity contribution in [3.05, 3.63) is 41.0 Å². The molecule has 5 nitrogen and oxygen atoms in total. The van der Waals surface area contributed by atoms with E-state index in [1.807, 2.05) is 36.4 Å². The lowest BCUT2D eigenvalue weighted by Crippen LogP contribution is -2.32. The molecule has 2 rings (SSSR count). The van der Waals surface area contributed by atoms with Gasteiger partial charge in [-0.3, -0.25) is 0 Å². The molecule has 0 spiro atoms. The van der Waals surface area contributed by atoms with Gasteiger partial charge in [-0.25, -0.2) is 9.78 Å². The second-order valence-corrected chi connectivity index (χ2v) is 8.05. The van der Waals surface area contributed by atoms with Gasteiger partial charge >= 0.3 is 5.97 Å². The molecular weight excluding hydrogens is 416 g/mol. The largest absolute Gasteiger partial charge is 0.497 e. The lowest BCUT2D eigenvalue weighted by Gasteiger charge is -2.20. The molecule has 0 aliphatic carbocycles. The SMILES string of the molecule is COC(=O)[C@H](CC(C)C)Nc1cc(Br)nc(Sc2ccc(OC)cc2)c1. The maximum Gasteiger partial charge on any atom is 0.328 e. The molecule has 7 heteroatoms. The highest BCUT2D eigenvalue weighted by molar-refractivity contribution is 9.10. The molecular formula is C19H23BrN2O3S. The Kier molecular flexibility index (Phi) is 7.78. The Balaban J connectivity index is 2.17. The second-order valence-electron chi connectivity index (χ2n) is 6.14. The number of esters is 1. The van der Waals surface area contributed by atoms with Gasteiger partial charge in [0, 0.05) is 10.6 Å². The van der Waals surface area contributed by atoms with E-state index in [0.29, 0.717) is 16.9 Å². The maximum atomic E-state index is 12.0. The van der Waals surface area contributed by atoms with E-state index >= 15 is 0 Å². The number of carbonyl (C=O) groups excluding carboxylic acids is 1. The Morgan fingerprint density at radius 1 is 1.23 bits per heavy atom. The van der Waals surface area contributed by atoms with Crippen molar-refractivity contribution in [2.75, 3.05) is 19.5 Å². The number of benzene rings is 1. The summed E-state index contributed by atoms with van der Waals surface area (Å²) in [7, 11) is 3.05. The molecule has 0 saturated heterocycles. The van der Waals surface area contributed by atoms with Crippen LogP contribution in [0.5, 0.6) is 5.75 Å². The van der Waals surface area contributed by atoms with Crippen LogP contribution >= 0.6 is 27.7 Å². The summed E-state index contributed by atoms with van der Waals surface area (Å²) in [6, 6.07) is 11.2. The molecule has 1 heterocycles. The van der Waals surface area contributed by atoms with Crippen molar-refractivity contribution in [3.8, 4) is 5.75 Å². The quantitative estimate of drug-likeness (QED) is 0.461. The van der Waals surface area contributed by atoms with Gasteiger partial charge in [0.1, 0.15) is 21.4 Å². The van der Waals surface area contributed by atoms with Gasteiger partial charge < -0.3 is 14.8 Å². The van der Waals surface area contributed by atoms with Gasteiger partial charge in [0.2, 0.25) is 0 Å². The average Bonchev–Trinajstić information content (AvgIpc) is 2.60. The van der Waals surface area contributed by atoms with Crippen LogP contribution in [0.4, 0.5) is 5.69 Å². The van der Waals surface area contributed by atoms with E-state index in [4.69, 9.17) is 9.47 Å². The minimum absolute atomic E-state index is 0.268. The van der Waals surface area contributed by atoms with E-state index in [-0.39, 0.29) is 5.97 Å². The molecule has 1 aromatic heterocycles. The number of rotatable bonds is 8. The van der Waals surface area contributed by atoms with Crippen molar-refractivity contribution < 1.29 is 14.3 Å². The van der Waals surface area contributed by atoms with Crippen LogP contribution < -0.4 is 10.1 Å². The number of hydrogen-bond donors (Lipinski definition) is 1. The van der Waals surface area contributed by atoms with E-state index < -0.39 is 6.04 Å². The zero-order valence-electron chi connectivity index (χ0n) is 15.3. The standard InChI is InChI=1S/C19H23BrN2O3S/c1-12(2)9-16(19(23)25-4)21-13-10-17(20)22-18(11-13)26-15-7-5-14(24-3)6-8-15/h5-8,10-12,16H,9H2,1-4H3,(H,21,22)/t16-/m0/s1. The molecule has 1 aromatic carbocycles. The number of pyridine rings is 1. The van der Waals surface area contributed by atoms with Crippen LogP contribution in [-0.2, 0) is 9.53 Å². The molecule has 1 atom stereocenters. The highest BCUT2D eigenvalue weighted by Gasteiger charge is 2.20. The first-order chi connectivity index (χ1) is 12.4. The van der Waals surface area contributed by atoms with E-state index in [0.717, 1.165) is 21.4 Å². The fourth-order valence-corrected chi connectivity index (χ4v) is 3.80. The van der Waals surface area contributed by atoms with Crippen LogP contribution in [0.2, 0.25) is 0 Å². The summed E-state index contributed by atoms with van der Waals surface area (Å²) >= 11 is 4.98. The van der Waals surface area contributed by atoms with Gasteiger partial charge in [0.15, 0.2) is 0 Å². The monoisotopic (exact) mass is 438 g/mol. The lowest BCUT2D eigenvalue weighted by atomic mass is 10.0. The zero-order chi connectivity index (χ0) is 19.1. The number of hydrogen-bond acceptors (Lipinski definition) is 6. The molecule has 0 radical (unpaired) electrons. The molecule has 0 fully saturated rings. The van der Waals surface area contributed by atoms with Crippen LogP contribution in [0.1, 0.15) is 20.3 Å². The first-order valence-electron chi connectivity index (χ1n) is 8.25. The Hall–Kier alpha value is -1.73. The summed E-state index contributed by atoms with van der Waals surface area (Å²) in [5, 5.41) is 4.09. The molecule has 2 aromatic rings. The average molecular weight is 439 g/mol. The molecule has 0 aliphatic rings. The van der Waals surface area contributed by atoms with Crippen molar-refractivity contribution in [1.29, 1.82) is 0 Å². The Morgan fingerprint density at radius 3 is 2.50 bits per heavy atom. The van der Waals surface area contributed by atoms with Crippen LogP contribution in [0.3, 0.4) is 0 Å². The molecule has 0 amide bonds. The van der Waals surface area contributed by atoms with E-state index in [9.17, 15) is 4.79 Å². The topological polar surface area (TPSA) is 60.5 Å². The fourth-order valence-electron chi connectivity index (χ4n) is 2.40. The molecule has 0 unspecified atom stereocenters. The number of carbonyl (C=O) groups is 1. The summed E-state index contributed by atoms with van der Waals surface area (Å²) < 4.78 is 10.8. The third-order valence-corrected chi connectivity index (χ3v) is 4.92. The Morgan fingerprint density at radius 2 is 1.92 bits per heavy atom. The normalized spacial score (nSPS) is 11.9. The fraction of sp³-hybridized carbons (Fsp3) is 0.368. The van der Waals surface area contributed by atoms with E-state index in [1.54, 1.807) is 7.11 Å². The predicted molar refractivity (Wildman–Crippen MR) is 108 cm³/mol. The highest BCUT2D eigenvalue weighted by atomic mass is 79.9. The van der Waals surface area contributed by atoms with Gasteiger partial charge in [-0.1, -0.05) is 25.6 Å². The van der Waals surface area contributed by atoms with Crippen LogP contribution in [0, 0.1) is 5.92 Å². The van der Waals surface area contributed by atoms with Crippen molar-refractivity contribution in [2.45, 2.75) is 36.2 Å². The smallest absolute Gasteiger partial charge is 0.328 e. The number of methoxy groups -OCH3 is 2. The van der Waals surface area contributed by atoms with E-state index in [2.05, 4.69) is 40.1 Å². The van der Waals surface area contributed by atoms with Crippen molar-refractivity contribution in [3.63, 3.8) is 0 Å². The molecule has 0 bridgehead atoms.